The Bertz CT molecular complexity index is 367. The van der Waals surface area contributed by atoms with E-state index in [9.17, 15) is 5.11 Å². The largest absolute Gasteiger partial charge is 0.394 e. The van der Waals surface area contributed by atoms with Gasteiger partial charge in [-0.1, -0.05) is 19.9 Å². The molecule has 0 amide bonds. The summed E-state index contributed by atoms with van der Waals surface area (Å²) in [4.78, 5) is 4.33. The van der Waals surface area contributed by atoms with Crippen molar-refractivity contribution in [3.63, 3.8) is 0 Å². The van der Waals surface area contributed by atoms with Crippen molar-refractivity contribution in [2.45, 2.75) is 43.3 Å². The summed E-state index contributed by atoms with van der Waals surface area (Å²) >= 11 is 1.73. The topological polar surface area (TPSA) is 45.1 Å². The van der Waals surface area contributed by atoms with Crippen LogP contribution in [-0.2, 0) is 0 Å². The number of hydrogen-bond donors (Lipinski definition) is 2. The first-order valence-electron chi connectivity index (χ1n) is 6.59. The fourth-order valence-corrected chi connectivity index (χ4v) is 3.47. The molecular weight excluding hydrogens is 244 g/mol. The number of nitrogens with zero attached hydrogens (tertiary/aromatic N) is 1. The van der Waals surface area contributed by atoms with E-state index in [-0.39, 0.29) is 12.1 Å². The first kappa shape index (κ1) is 13.8. The predicted octanol–water partition coefficient (Wildman–Crippen LogP) is 2.31. The van der Waals surface area contributed by atoms with Crippen LogP contribution in [0.5, 0.6) is 0 Å². The molecular formula is C14H22N2OS. The Morgan fingerprint density at radius 3 is 2.78 bits per heavy atom. The Balaban J connectivity index is 2.01. The number of aliphatic hydroxyl groups excluding tert-OH is 1. The van der Waals surface area contributed by atoms with Crippen LogP contribution in [0.25, 0.3) is 0 Å². The molecule has 100 valence electrons. The average molecular weight is 266 g/mol. The van der Waals surface area contributed by atoms with Crippen LogP contribution in [0.15, 0.2) is 29.4 Å². The number of aromatic nitrogens is 1. The van der Waals surface area contributed by atoms with Crippen molar-refractivity contribution in [1.29, 1.82) is 0 Å². The van der Waals surface area contributed by atoms with Crippen molar-refractivity contribution in [2.24, 2.45) is 5.92 Å². The summed E-state index contributed by atoms with van der Waals surface area (Å²) in [5.74, 6) is 1.49. The van der Waals surface area contributed by atoms with Gasteiger partial charge in [-0.05, 0) is 30.9 Å². The highest BCUT2D eigenvalue weighted by atomic mass is 32.2. The molecule has 1 aliphatic carbocycles. The monoisotopic (exact) mass is 266 g/mol. The van der Waals surface area contributed by atoms with Crippen LogP contribution < -0.4 is 5.32 Å². The number of hydrogen-bond acceptors (Lipinski definition) is 4. The molecule has 1 fully saturated rings. The van der Waals surface area contributed by atoms with Crippen molar-refractivity contribution < 1.29 is 5.11 Å². The molecule has 1 unspecified atom stereocenters. The van der Waals surface area contributed by atoms with E-state index in [4.69, 9.17) is 0 Å². The molecule has 1 heterocycles. The Hall–Kier alpha value is -0.580. The van der Waals surface area contributed by atoms with Crippen LogP contribution in [-0.4, -0.2) is 34.0 Å². The molecule has 4 heteroatoms. The minimum Gasteiger partial charge on any atom is -0.394 e. The zero-order valence-corrected chi connectivity index (χ0v) is 11.9. The molecule has 3 nitrogen and oxygen atoms in total. The van der Waals surface area contributed by atoms with Crippen LogP contribution >= 0.6 is 11.8 Å². The van der Waals surface area contributed by atoms with Gasteiger partial charge in [-0.2, -0.15) is 0 Å². The summed E-state index contributed by atoms with van der Waals surface area (Å²) in [6, 6.07) is 6.34. The number of aliphatic hydroxyl groups is 1. The molecule has 0 bridgehead atoms. The fraction of sp³-hybridized carbons (Fsp3) is 0.643. The molecule has 0 aromatic carbocycles. The van der Waals surface area contributed by atoms with E-state index >= 15 is 0 Å². The van der Waals surface area contributed by atoms with Crippen LogP contribution in [0.3, 0.4) is 0 Å². The van der Waals surface area contributed by atoms with E-state index in [1.165, 1.54) is 12.8 Å². The second-order valence-corrected chi connectivity index (χ2v) is 6.34. The standard InChI is InChI=1S/C14H22N2OS/c1-11(2)16-14(9-17,12-6-7-12)10-18-13-5-3-4-8-15-13/h3-5,8,11-12,16-17H,6-7,9-10H2,1-2H3. The SMILES string of the molecule is CC(C)NC(CO)(CSc1ccccn1)C1CC1. The lowest BCUT2D eigenvalue weighted by Crippen LogP contribution is -2.55. The number of nitrogens with one attached hydrogen (secondary N) is 1. The third-order valence-corrected chi connectivity index (χ3v) is 4.53. The summed E-state index contributed by atoms with van der Waals surface area (Å²) in [5.41, 5.74) is -0.143. The van der Waals surface area contributed by atoms with Gasteiger partial charge < -0.3 is 10.4 Å². The maximum atomic E-state index is 9.82. The molecule has 18 heavy (non-hydrogen) atoms. The van der Waals surface area contributed by atoms with Gasteiger partial charge >= 0.3 is 0 Å². The number of pyridine rings is 1. The maximum absolute atomic E-state index is 9.82. The van der Waals surface area contributed by atoms with Gasteiger partial charge in [0.25, 0.3) is 0 Å². The molecule has 1 aliphatic rings. The zero-order chi connectivity index (χ0) is 13.0. The van der Waals surface area contributed by atoms with E-state index < -0.39 is 0 Å². The molecule has 2 N–H and O–H groups in total. The molecule has 0 spiro atoms. The molecule has 1 aromatic heterocycles. The summed E-state index contributed by atoms with van der Waals surface area (Å²) in [7, 11) is 0. The quantitative estimate of drug-likeness (QED) is 0.743. The third kappa shape index (κ3) is 3.46. The first-order valence-corrected chi connectivity index (χ1v) is 7.57. The third-order valence-electron chi connectivity index (χ3n) is 3.33. The molecule has 1 saturated carbocycles. The van der Waals surface area contributed by atoms with Crippen LogP contribution in [0.1, 0.15) is 26.7 Å². The van der Waals surface area contributed by atoms with Gasteiger partial charge in [-0.25, -0.2) is 4.98 Å². The van der Waals surface area contributed by atoms with E-state index in [1.54, 1.807) is 11.8 Å². The van der Waals surface area contributed by atoms with Gasteiger partial charge in [0.1, 0.15) is 0 Å². The lowest BCUT2D eigenvalue weighted by Gasteiger charge is -2.35. The fourth-order valence-electron chi connectivity index (χ4n) is 2.34. The Labute approximate surface area is 113 Å². The van der Waals surface area contributed by atoms with Crippen molar-refractivity contribution >= 4 is 11.8 Å². The summed E-state index contributed by atoms with van der Waals surface area (Å²) in [6.07, 6.45) is 4.27. The van der Waals surface area contributed by atoms with Crippen LogP contribution in [0, 0.1) is 5.92 Å². The van der Waals surface area contributed by atoms with Crippen LogP contribution in [0.4, 0.5) is 0 Å². The molecule has 2 rings (SSSR count). The van der Waals surface area contributed by atoms with Gasteiger partial charge in [0.15, 0.2) is 0 Å². The molecule has 0 aliphatic heterocycles. The van der Waals surface area contributed by atoms with Crippen molar-refractivity contribution in [2.75, 3.05) is 12.4 Å². The lowest BCUT2D eigenvalue weighted by atomic mass is 9.95. The van der Waals surface area contributed by atoms with Crippen molar-refractivity contribution in [1.82, 2.24) is 10.3 Å². The minimum absolute atomic E-state index is 0.143. The van der Waals surface area contributed by atoms with E-state index in [0.717, 1.165) is 10.8 Å². The zero-order valence-electron chi connectivity index (χ0n) is 11.1. The Kier molecular flexibility index (Phi) is 4.65. The van der Waals surface area contributed by atoms with Gasteiger partial charge in [0, 0.05) is 18.0 Å². The highest BCUT2D eigenvalue weighted by Gasteiger charge is 2.45. The number of thioether (sulfide) groups is 1. The van der Waals surface area contributed by atoms with Crippen LogP contribution in [0.2, 0.25) is 0 Å². The van der Waals surface area contributed by atoms with Gasteiger partial charge in [-0.15, -0.1) is 11.8 Å². The summed E-state index contributed by atoms with van der Waals surface area (Å²) in [6.45, 7) is 4.48. The maximum Gasteiger partial charge on any atom is 0.0960 e. The Morgan fingerprint density at radius 2 is 2.28 bits per heavy atom. The smallest absolute Gasteiger partial charge is 0.0960 e. The second-order valence-electron chi connectivity index (χ2n) is 5.34. The normalized spacial score (nSPS) is 18.9. The number of rotatable bonds is 7. The second kappa shape index (κ2) is 6.04. The molecule has 1 atom stereocenters. The van der Waals surface area contributed by atoms with E-state index in [0.29, 0.717) is 12.0 Å². The Morgan fingerprint density at radius 1 is 1.50 bits per heavy atom. The minimum atomic E-state index is -0.143. The highest BCUT2D eigenvalue weighted by molar-refractivity contribution is 7.99. The summed E-state index contributed by atoms with van der Waals surface area (Å²) in [5, 5.41) is 14.4. The molecule has 0 saturated heterocycles. The highest BCUT2D eigenvalue weighted by Crippen LogP contribution is 2.42. The summed E-state index contributed by atoms with van der Waals surface area (Å²) < 4.78 is 0. The van der Waals surface area contributed by atoms with Gasteiger partial charge in [0.2, 0.25) is 0 Å². The molecule has 1 aromatic rings. The van der Waals surface area contributed by atoms with E-state index in [1.807, 2.05) is 24.4 Å². The van der Waals surface area contributed by atoms with E-state index in [2.05, 4.69) is 24.1 Å². The van der Waals surface area contributed by atoms with Crippen molar-refractivity contribution in [3.05, 3.63) is 24.4 Å². The average Bonchev–Trinajstić information content (AvgIpc) is 3.20. The first-order chi connectivity index (χ1) is 8.66. The van der Waals surface area contributed by atoms with Gasteiger partial charge in [0.05, 0.1) is 17.2 Å². The predicted molar refractivity (Wildman–Crippen MR) is 75.8 cm³/mol. The van der Waals surface area contributed by atoms with Crippen molar-refractivity contribution in [3.8, 4) is 0 Å². The molecule has 0 radical (unpaired) electrons. The lowest BCUT2D eigenvalue weighted by molar-refractivity contribution is 0.150. The van der Waals surface area contributed by atoms with Gasteiger partial charge in [-0.3, -0.25) is 0 Å².